The lowest BCUT2D eigenvalue weighted by Gasteiger charge is -2.06. The fourth-order valence-corrected chi connectivity index (χ4v) is 2.70. The minimum atomic E-state index is -0.380. The van der Waals surface area contributed by atoms with E-state index in [-0.39, 0.29) is 11.7 Å². The van der Waals surface area contributed by atoms with E-state index in [1.807, 2.05) is 37.3 Å². The first-order chi connectivity index (χ1) is 12.6. The van der Waals surface area contributed by atoms with Crippen molar-refractivity contribution in [3.8, 4) is 11.5 Å². The Balaban J connectivity index is 1.61. The molecule has 0 saturated heterocycles. The molecular formula is C21H15FN2O2. The second-order valence-electron chi connectivity index (χ2n) is 6.03. The van der Waals surface area contributed by atoms with E-state index >= 15 is 0 Å². The first-order valence-electron chi connectivity index (χ1n) is 8.13. The van der Waals surface area contributed by atoms with Crippen LogP contribution in [-0.4, -0.2) is 10.9 Å². The topological polar surface area (TPSA) is 55.1 Å². The largest absolute Gasteiger partial charge is 0.436 e. The van der Waals surface area contributed by atoms with E-state index < -0.39 is 0 Å². The zero-order valence-electron chi connectivity index (χ0n) is 14.0. The summed E-state index contributed by atoms with van der Waals surface area (Å²) in [5, 5.41) is 2.80. The van der Waals surface area contributed by atoms with E-state index in [1.165, 1.54) is 24.3 Å². The lowest BCUT2D eigenvalue weighted by atomic mass is 10.1. The van der Waals surface area contributed by atoms with Crippen molar-refractivity contribution < 1.29 is 13.6 Å². The van der Waals surface area contributed by atoms with Crippen LogP contribution in [0.2, 0.25) is 0 Å². The molecule has 3 aromatic carbocycles. The van der Waals surface area contributed by atoms with Crippen LogP contribution in [0, 0.1) is 12.7 Å². The Morgan fingerprint density at radius 1 is 1.04 bits per heavy atom. The Morgan fingerprint density at radius 3 is 2.65 bits per heavy atom. The van der Waals surface area contributed by atoms with Crippen LogP contribution in [0.25, 0.3) is 22.6 Å². The van der Waals surface area contributed by atoms with Gasteiger partial charge in [0.25, 0.3) is 5.91 Å². The third-order valence-corrected chi connectivity index (χ3v) is 4.02. The Hall–Kier alpha value is -3.47. The first-order valence-corrected chi connectivity index (χ1v) is 8.13. The first kappa shape index (κ1) is 16.0. The molecule has 1 aromatic heterocycles. The van der Waals surface area contributed by atoms with Crippen molar-refractivity contribution in [2.24, 2.45) is 0 Å². The lowest BCUT2D eigenvalue weighted by molar-refractivity contribution is 0.102. The number of aryl methyl sites for hydroxylation is 1. The van der Waals surface area contributed by atoms with Crippen LogP contribution in [0.4, 0.5) is 10.1 Å². The van der Waals surface area contributed by atoms with E-state index in [4.69, 9.17) is 4.42 Å². The number of fused-ring (bicyclic) bond motifs is 1. The number of hydrogen-bond acceptors (Lipinski definition) is 3. The summed E-state index contributed by atoms with van der Waals surface area (Å²) in [7, 11) is 0. The molecule has 0 aliphatic heterocycles. The highest BCUT2D eigenvalue weighted by molar-refractivity contribution is 6.04. The molecule has 0 unspecified atom stereocenters. The van der Waals surface area contributed by atoms with Crippen molar-refractivity contribution in [2.75, 3.05) is 5.32 Å². The Morgan fingerprint density at radius 2 is 1.85 bits per heavy atom. The molecule has 1 N–H and O–H groups in total. The molecule has 5 heteroatoms. The lowest BCUT2D eigenvalue weighted by Crippen LogP contribution is -2.11. The van der Waals surface area contributed by atoms with E-state index in [2.05, 4.69) is 10.3 Å². The quantitative estimate of drug-likeness (QED) is 0.555. The molecule has 0 saturated carbocycles. The number of benzene rings is 3. The molecule has 0 fully saturated rings. The molecular weight excluding hydrogens is 331 g/mol. The number of nitrogens with zero attached hydrogens (tertiary/aromatic N) is 1. The number of nitrogens with one attached hydrogen (secondary N) is 1. The molecule has 4 nitrogen and oxygen atoms in total. The molecule has 4 rings (SSSR count). The maximum absolute atomic E-state index is 13.0. The van der Waals surface area contributed by atoms with Gasteiger partial charge in [-0.25, -0.2) is 9.37 Å². The van der Waals surface area contributed by atoms with Gasteiger partial charge in [0.1, 0.15) is 11.3 Å². The predicted octanol–water partition coefficient (Wildman–Crippen LogP) is 5.19. The molecule has 0 atom stereocenters. The van der Waals surface area contributed by atoms with Gasteiger partial charge in [0.2, 0.25) is 5.89 Å². The Labute approximate surface area is 149 Å². The maximum atomic E-state index is 13.0. The SMILES string of the molecule is Cc1ccc2oc(-c3cccc(NC(=O)c4ccc(F)cc4)c3)nc2c1. The van der Waals surface area contributed by atoms with Crippen molar-refractivity contribution in [3.05, 3.63) is 83.7 Å². The highest BCUT2D eigenvalue weighted by atomic mass is 19.1. The van der Waals surface area contributed by atoms with Crippen molar-refractivity contribution in [2.45, 2.75) is 6.92 Å². The third kappa shape index (κ3) is 3.19. The Kier molecular flexibility index (Phi) is 3.97. The van der Waals surface area contributed by atoms with Crippen LogP contribution in [0.15, 0.2) is 71.1 Å². The molecule has 0 aliphatic carbocycles. The zero-order chi connectivity index (χ0) is 18.1. The van der Waals surface area contributed by atoms with Gasteiger partial charge < -0.3 is 9.73 Å². The molecule has 4 aromatic rings. The highest BCUT2D eigenvalue weighted by Crippen LogP contribution is 2.26. The summed E-state index contributed by atoms with van der Waals surface area (Å²) >= 11 is 0. The van der Waals surface area contributed by atoms with E-state index in [1.54, 1.807) is 12.1 Å². The van der Waals surface area contributed by atoms with Gasteiger partial charge in [0.05, 0.1) is 0 Å². The number of halogens is 1. The summed E-state index contributed by atoms with van der Waals surface area (Å²) in [5.74, 6) is -0.200. The van der Waals surface area contributed by atoms with Crippen LogP contribution in [-0.2, 0) is 0 Å². The van der Waals surface area contributed by atoms with Gasteiger partial charge in [0.15, 0.2) is 5.58 Å². The molecule has 0 aliphatic rings. The van der Waals surface area contributed by atoms with Gasteiger partial charge >= 0.3 is 0 Å². The van der Waals surface area contributed by atoms with Gasteiger partial charge in [0, 0.05) is 16.8 Å². The fraction of sp³-hybridized carbons (Fsp3) is 0.0476. The smallest absolute Gasteiger partial charge is 0.255 e. The van der Waals surface area contributed by atoms with Crippen molar-refractivity contribution in [1.82, 2.24) is 4.98 Å². The summed E-state index contributed by atoms with van der Waals surface area (Å²) in [6.07, 6.45) is 0. The summed E-state index contributed by atoms with van der Waals surface area (Å²) < 4.78 is 18.8. The van der Waals surface area contributed by atoms with Gasteiger partial charge in [-0.2, -0.15) is 0 Å². The second-order valence-corrected chi connectivity index (χ2v) is 6.03. The Bertz CT molecular complexity index is 1100. The minimum Gasteiger partial charge on any atom is -0.436 e. The van der Waals surface area contributed by atoms with Crippen LogP contribution in [0.1, 0.15) is 15.9 Å². The average molecular weight is 346 g/mol. The number of hydrogen-bond donors (Lipinski definition) is 1. The molecule has 0 bridgehead atoms. The summed E-state index contributed by atoms with van der Waals surface area (Å²) in [6.45, 7) is 2.00. The van der Waals surface area contributed by atoms with E-state index in [9.17, 15) is 9.18 Å². The third-order valence-electron chi connectivity index (χ3n) is 4.02. The number of carbonyl (C=O) groups is 1. The molecule has 0 radical (unpaired) electrons. The van der Waals surface area contributed by atoms with Crippen LogP contribution in [0.3, 0.4) is 0 Å². The standard InChI is InChI=1S/C21H15FN2O2/c1-13-5-10-19-18(11-13)24-21(26-19)15-3-2-4-17(12-15)23-20(25)14-6-8-16(22)9-7-14/h2-12H,1H3,(H,23,25). The molecule has 128 valence electrons. The summed E-state index contributed by atoms with van der Waals surface area (Å²) in [6, 6.07) is 18.5. The molecule has 26 heavy (non-hydrogen) atoms. The molecule has 1 heterocycles. The minimum absolute atomic E-state index is 0.310. The number of rotatable bonds is 3. The monoisotopic (exact) mass is 346 g/mol. The van der Waals surface area contributed by atoms with Gasteiger partial charge in [-0.1, -0.05) is 12.1 Å². The fourth-order valence-electron chi connectivity index (χ4n) is 2.70. The zero-order valence-corrected chi connectivity index (χ0v) is 14.0. The van der Waals surface area contributed by atoms with Crippen molar-refractivity contribution in [1.29, 1.82) is 0 Å². The van der Waals surface area contributed by atoms with E-state index in [0.717, 1.165) is 16.6 Å². The van der Waals surface area contributed by atoms with Crippen LogP contribution in [0.5, 0.6) is 0 Å². The number of carbonyl (C=O) groups excluding carboxylic acids is 1. The van der Waals surface area contributed by atoms with E-state index in [0.29, 0.717) is 22.7 Å². The second kappa shape index (κ2) is 6.44. The molecule has 0 spiro atoms. The van der Waals surface area contributed by atoms with Gasteiger partial charge in [-0.3, -0.25) is 4.79 Å². The number of aromatic nitrogens is 1. The van der Waals surface area contributed by atoms with Crippen LogP contribution >= 0.6 is 0 Å². The number of oxazole rings is 1. The summed E-state index contributed by atoms with van der Waals surface area (Å²) in [4.78, 5) is 16.8. The van der Waals surface area contributed by atoms with Gasteiger partial charge in [-0.15, -0.1) is 0 Å². The number of anilines is 1. The van der Waals surface area contributed by atoms with Crippen molar-refractivity contribution >= 4 is 22.7 Å². The van der Waals surface area contributed by atoms with Gasteiger partial charge in [-0.05, 0) is 67.1 Å². The number of amides is 1. The maximum Gasteiger partial charge on any atom is 0.255 e. The van der Waals surface area contributed by atoms with Crippen molar-refractivity contribution in [3.63, 3.8) is 0 Å². The summed E-state index contributed by atoms with van der Waals surface area (Å²) in [5.41, 5.74) is 4.37. The normalized spacial score (nSPS) is 10.8. The average Bonchev–Trinajstić information content (AvgIpc) is 3.05. The molecule has 1 amide bonds. The predicted molar refractivity (Wildman–Crippen MR) is 98.5 cm³/mol. The highest BCUT2D eigenvalue weighted by Gasteiger charge is 2.11. The van der Waals surface area contributed by atoms with Crippen LogP contribution < -0.4 is 5.32 Å².